The summed E-state index contributed by atoms with van der Waals surface area (Å²) in [4.78, 5) is 15.8. The molecule has 1 amide bonds. The van der Waals surface area contributed by atoms with E-state index in [9.17, 15) is 4.79 Å². The molecule has 2 rings (SSSR count). The topological polar surface area (TPSA) is 79.5 Å². The number of guanidine groups is 1. The third-order valence-corrected chi connectivity index (χ3v) is 4.23. The Morgan fingerprint density at radius 1 is 1.20 bits per heavy atom. The first-order valence-electron chi connectivity index (χ1n) is 7.73. The monoisotopic (exact) mass is 378 g/mol. The summed E-state index contributed by atoms with van der Waals surface area (Å²) in [6.07, 6.45) is 0. The number of rotatable bonds is 5. The molecule has 0 saturated carbocycles. The molecular weight excluding hydrogens is 359 g/mol. The van der Waals surface area contributed by atoms with Crippen LogP contribution in [0.15, 0.2) is 47.5 Å². The summed E-state index contributed by atoms with van der Waals surface area (Å²) in [6, 6.07) is 12.4. The number of benzene rings is 2. The van der Waals surface area contributed by atoms with Gasteiger partial charge in [-0.2, -0.15) is 0 Å². The van der Waals surface area contributed by atoms with E-state index in [0.717, 1.165) is 11.1 Å². The molecule has 0 heterocycles. The van der Waals surface area contributed by atoms with Crippen molar-refractivity contribution in [2.75, 3.05) is 7.05 Å². The minimum atomic E-state index is -0.120. The van der Waals surface area contributed by atoms with Gasteiger partial charge in [-0.05, 0) is 42.3 Å². The Bertz CT molecular complexity index is 775. The van der Waals surface area contributed by atoms with Gasteiger partial charge in [0.1, 0.15) is 0 Å². The van der Waals surface area contributed by atoms with Gasteiger partial charge < -0.3 is 16.4 Å². The van der Waals surface area contributed by atoms with E-state index in [0.29, 0.717) is 28.1 Å². The van der Waals surface area contributed by atoms with Gasteiger partial charge in [0.2, 0.25) is 0 Å². The second kappa shape index (κ2) is 8.74. The van der Waals surface area contributed by atoms with Crippen LogP contribution in [0.2, 0.25) is 10.0 Å². The maximum atomic E-state index is 11.5. The SMILES string of the molecule is CNC(=O)c1ccc(CN=C(N)NC(C)c2ccc(Cl)cc2Cl)cc1. The molecule has 25 heavy (non-hydrogen) atoms. The minimum absolute atomic E-state index is 0.107. The van der Waals surface area contributed by atoms with E-state index in [4.69, 9.17) is 28.9 Å². The van der Waals surface area contributed by atoms with Gasteiger partial charge >= 0.3 is 0 Å². The van der Waals surface area contributed by atoms with Crippen LogP contribution in [0.5, 0.6) is 0 Å². The second-order valence-electron chi connectivity index (χ2n) is 5.51. The predicted octanol–water partition coefficient (Wildman–Crippen LogP) is 3.52. The average Bonchev–Trinajstić information content (AvgIpc) is 2.59. The van der Waals surface area contributed by atoms with Gasteiger partial charge in [-0.15, -0.1) is 0 Å². The van der Waals surface area contributed by atoms with E-state index in [1.54, 1.807) is 31.3 Å². The van der Waals surface area contributed by atoms with Crippen LogP contribution in [0.25, 0.3) is 0 Å². The quantitative estimate of drug-likeness (QED) is 0.549. The Morgan fingerprint density at radius 3 is 2.48 bits per heavy atom. The van der Waals surface area contributed by atoms with Gasteiger partial charge in [0.25, 0.3) is 5.91 Å². The van der Waals surface area contributed by atoms with Crippen molar-refractivity contribution < 1.29 is 4.79 Å². The van der Waals surface area contributed by atoms with Gasteiger partial charge in [-0.25, -0.2) is 4.99 Å². The zero-order valence-corrected chi connectivity index (χ0v) is 15.5. The van der Waals surface area contributed by atoms with Crippen LogP contribution in [0.1, 0.15) is 34.5 Å². The van der Waals surface area contributed by atoms with E-state index in [-0.39, 0.29) is 11.9 Å². The Balaban J connectivity index is 1.98. The number of amides is 1. The molecule has 0 aliphatic heterocycles. The number of hydrogen-bond donors (Lipinski definition) is 3. The van der Waals surface area contributed by atoms with E-state index < -0.39 is 0 Å². The number of carbonyl (C=O) groups is 1. The molecule has 0 aromatic heterocycles. The molecule has 4 N–H and O–H groups in total. The number of carbonyl (C=O) groups excluding carboxylic acids is 1. The first kappa shape index (κ1) is 19.1. The summed E-state index contributed by atoms with van der Waals surface area (Å²) in [5.41, 5.74) is 8.39. The third-order valence-electron chi connectivity index (χ3n) is 3.67. The number of halogens is 2. The zero-order chi connectivity index (χ0) is 18.4. The van der Waals surface area contributed by atoms with Gasteiger partial charge in [0, 0.05) is 22.7 Å². The highest BCUT2D eigenvalue weighted by Gasteiger charge is 2.10. The molecule has 0 saturated heterocycles. The van der Waals surface area contributed by atoms with E-state index in [1.165, 1.54) is 0 Å². The Labute approximate surface area is 157 Å². The molecule has 1 unspecified atom stereocenters. The molecule has 2 aromatic carbocycles. The van der Waals surface area contributed by atoms with E-state index in [2.05, 4.69) is 15.6 Å². The number of nitrogens with two attached hydrogens (primary N) is 1. The highest BCUT2D eigenvalue weighted by molar-refractivity contribution is 6.35. The van der Waals surface area contributed by atoms with Crippen molar-refractivity contribution in [1.29, 1.82) is 0 Å². The maximum absolute atomic E-state index is 11.5. The maximum Gasteiger partial charge on any atom is 0.251 e. The summed E-state index contributed by atoms with van der Waals surface area (Å²) < 4.78 is 0. The molecule has 7 heteroatoms. The van der Waals surface area contributed by atoms with Crippen LogP contribution in [0.3, 0.4) is 0 Å². The molecule has 0 spiro atoms. The smallest absolute Gasteiger partial charge is 0.251 e. The summed E-state index contributed by atoms with van der Waals surface area (Å²) >= 11 is 12.1. The van der Waals surface area contributed by atoms with Crippen molar-refractivity contribution in [3.05, 3.63) is 69.2 Å². The largest absolute Gasteiger partial charge is 0.370 e. The molecule has 0 bridgehead atoms. The lowest BCUT2D eigenvalue weighted by atomic mass is 10.1. The highest BCUT2D eigenvalue weighted by Crippen LogP contribution is 2.25. The molecule has 1 atom stereocenters. The zero-order valence-electron chi connectivity index (χ0n) is 14.0. The second-order valence-corrected chi connectivity index (χ2v) is 6.35. The minimum Gasteiger partial charge on any atom is -0.370 e. The lowest BCUT2D eigenvalue weighted by Gasteiger charge is -2.16. The van der Waals surface area contributed by atoms with Crippen LogP contribution in [-0.4, -0.2) is 18.9 Å². The number of hydrogen-bond acceptors (Lipinski definition) is 2. The molecule has 0 aliphatic rings. The highest BCUT2D eigenvalue weighted by atomic mass is 35.5. The fourth-order valence-corrected chi connectivity index (χ4v) is 2.85. The normalized spacial score (nSPS) is 12.6. The fraction of sp³-hybridized carbons (Fsp3) is 0.222. The molecule has 0 aliphatic carbocycles. The van der Waals surface area contributed by atoms with E-state index >= 15 is 0 Å². The van der Waals surface area contributed by atoms with Crippen molar-refractivity contribution in [2.24, 2.45) is 10.7 Å². The van der Waals surface area contributed by atoms with Gasteiger partial charge in [0.15, 0.2) is 5.96 Å². The Kier molecular flexibility index (Phi) is 6.67. The first-order chi connectivity index (χ1) is 11.9. The van der Waals surface area contributed by atoms with Crippen LogP contribution >= 0.6 is 23.2 Å². The Morgan fingerprint density at radius 2 is 1.88 bits per heavy atom. The van der Waals surface area contributed by atoms with Crippen molar-refractivity contribution >= 4 is 35.1 Å². The van der Waals surface area contributed by atoms with E-state index in [1.807, 2.05) is 25.1 Å². The third kappa shape index (κ3) is 5.37. The van der Waals surface area contributed by atoms with Crippen molar-refractivity contribution in [1.82, 2.24) is 10.6 Å². The van der Waals surface area contributed by atoms with Gasteiger partial charge in [-0.3, -0.25) is 4.79 Å². The molecule has 5 nitrogen and oxygen atoms in total. The van der Waals surface area contributed by atoms with Gasteiger partial charge in [-0.1, -0.05) is 41.4 Å². The van der Waals surface area contributed by atoms with Crippen molar-refractivity contribution in [3.63, 3.8) is 0 Å². The molecule has 0 fully saturated rings. The molecule has 132 valence electrons. The van der Waals surface area contributed by atoms with Crippen LogP contribution in [-0.2, 0) is 6.54 Å². The summed E-state index contributed by atoms with van der Waals surface area (Å²) in [5.74, 6) is 0.193. The van der Waals surface area contributed by atoms with Crippen molar-refractivity contribution in [2.45, 2.75) is 19.5 Å². The van der Waals surface area contributed by atoms with Crippen LogP contribution in [0, 0.1) is 0 Å². The number of nitrogens with one attached hydrogen (secondary N) is 2. The summed E-state index contributed by atoms with van der Waals surface area (Å²) in [7, 11) is 1.60. The van der Waals surface area contributed by atoms with Gasteiger partial charge in [0.05, 0.1) is 12.6 Å². The lowest BCUT2D eigenvalue weighted by Crippen LogP contribution is -2.34. The molecule has 0 radical (unpaired) electrons. The number of nitrogens with zero attached hydrogens (tertiary/aromatic N) is 1. The predicted molar refractivity (Wildman–Crippen MR) is 103 cm³/mol. The van der Waals surface area contributed by atoms with Crippen molar-refractivity contribution in [3.8, 4) is 0 Å². The fourth-order valence-electron chi connectivity index (χ4n) is 2.28. The standard InChI is InChI=1S/C18H20Cl2N4O/c1-11(15-8-7-14(19)9-16(15)20)24-18(21)23-10-12-3-5-13(6-4-12)17(25)22-2/h3-9,11H,10H2,1-2H3,(H,22,25)(H3,21,23,24). The molecular formula is C18H20Cl2N4O. The van der Waals surface area contributed by atoms with Crippen LogP contribution in [0.4, 0.5) is 0 Å². The van der Waals surface area contributed by atoms with Crippen LogP contribution < -0.4 is 16.4 Å². The number of aliphatic imine (C=N–C) groups is 1. The molecule has 2 aromatic rings. The average molecular weight is 379 g/mol. The summed E-state index contributed by atoms with van der Waals surface area (Å²) in [5, 5.41) is 6.84. The lowest BCUT2D eigenvalue weighted by molar-refractivity contribution is 0.0963. The first-order valence-corrected chi connectivity index (χ1v) is 8.48. The summed E-state index contributed by atoms with van der Waals surface area (Å²) in [6.45, 7) is 2.35. The Hall–Kier alpha value is -2.24.